The molecule has 2 heterocycles. The molecule has 0 aliphatic heterocycles. The van der Waals surface area contributed by atoms with Crippen LogP contribution in [0.4, 0.5) is 16.6 Å². The summed E-state index contributed by atoms with van der Waals surface area (Å²) < 4.78 is 27.6. The van der Waals surface area contributed by atoms with E-state index in [0.29, 0.717) is 15.8 Å². The van der Waals surface area contributed by atoms with E-state index in [1.807, 2.05) is 0 Å². The zero-order valence-electron chi connectivity index (χ0n) is 12.8. The van der Waals surface area contributed by atoms with E-state index in [-0.39, 0.29) is 10.7 Å². The molecule has 3 aromatic rings. The van der Waals surface area contributed by atoms with E-state index in [1.54, 1.807) is 30.3 Å². The Morgan fingerprint density at radius 3 is 2.56 bits per heavy atom. The van der Waals surface area contributed by atoms with E-state index >= 15 is 0 Å². The van der Waals surface area contributed by atoms with Gasteiger partial charge in [0.1, 0.15) is 5.82 Å². The highest BCUT2D eigenvalue weighted by molar-refractivity contribution is 7.92. The number of rotatable bonds is 7. The quantitative estimate of drug-likeness (QED) is 0.360. The van der Waals surface area contributed by atoms with Gasteiger partial charge < -0.3 is 10.6 Å². The van der Waals surface area contributed by atoms with Crippen LogP contribution in [-0.4, -0.2) is 30.3 Å². The fraction of sp³-hybridized carbons (Fsp3) is 0.0714. The largest absolute Gasteiger partial charge is 0.368 e. The first kappa shape index (κ1) is 17.3. The predicted octanol–water partition coefficient (Wildman–Crippen LogP) is 2.88. The smallest absolute Gasteiger partial charge is 0.263 e. The van der Waals surface area contributed by atoms with E-state index in [4.69, 9.17) is 12.2 Å². The Morgan fingerprint density at radius 1 is 1.12 bits per heavy atom. The maximum absolute atomic E-state index is 12.3. The van der Waals surface area contributed by atoms with Crippen LogP contribution in [-0.2, 0) is 10.0 Å². The van der Waals surface area contributed by atoms with Crippen molar-refractivity contribution in [2.24, 2.45) is 0 Å². The Balaban J connectivity index is 1.60. The molecular formula is C14H14N6O2S3. The van der Waals surface area contributed by atoms with Gasteiger partial charge in [0.2, 0.25) is 5.13 Å². The van der Waals surface area contributed by atoms with Crippen LogP contribution < -0.4 is 15.4 Å². The number of nitrogens with one attached hydrogen (secondary N) is 4. The van der Waals surface area contributed by atoms with Crippen molar-refractivity contribution in [2.45, 2.75) is 4.90 Å². The molecule has 2 aromatic heterocycles. The molecular weight excluding hydrogens is 380 g/mol. The van der Waals surface area contributed by atoms with Crippen LogP contribution in [0.1, 0.15) is 0 Å². The van der Waals surface area contributed by atoms with Crippen molar-refractivity contribution in [1.29, 1.82) is 0 Å². The van der Waals surface area contributed by atoms with Gasteiger partial charge in [0.25, 0.3) is 10.0 Å². The lowest BCUT2D eigenvalue weighted by atomic mass is 10.3. The normalized spacial score (nSPS) is 11.0. The molecule has 130 valence electrons. The standard InChI is InChI=1S/C14H14N6O2S3/c21-25(22,20-12-3-1-2-8-15-12)11-6-4-10(5-7-11)16-9-17-13-18-19-14(23)24-13/h1-8,16H,9H2,(H,15,20)(H,17,18)(H,19,23). The first-order valence-corrected chi connectivity index (χ1v) is 9.81. The van der Waals surface area contributed by atoms with Gasteiger partial charge in [-0.25, -0.2) is 13.4 Å². The second kappa shape index (κ2) is 7.59. The lowest BCUT2D eigenvalue weighted by molar-refractivity contribution is 0.601. The summed E-state index contributed by atoms with van der Waals surface area (Å²) in [5.41, 5.74) is 0.767. The zero-order chi connectivity index (χ0) is 17.7. The number of aromatic amines is 1. The van der Waals surface area contributed by atoms with Gasteiger partial charge in [-0.15, -0.1) is 5.10 Å². The molecule has 11 heteroatoms. The summed E-state index contributed by atoms with van der Waals surface area (Å²) in [4.78, 5) is 4.11. The molecule has 3 rings (SSSR count). The number of anilines is 3. The number of H-pyrrole nitrogens is 1. The Kier molecular flexibility index (Phi) is 5.26. The van der Waals surface area contributed by atoms with Crippen molar-refractivity contribution in [3.05, 3.63) is 52.6 Å². The van der Waals surface area contributed by atoms with Gasteiger partial charge in [-0.3, -0.25) is 9.82 Å². The molecule has 0 radical (unpaired) electrons. The van der Waals surface area contributed by atoms with Gasteiger partial charge >= 0.3 is 0 Å². The summed E-state index contributed by atoms with van der Waals surface area (Å²) in [6, 6.07) is 11.4. The highest BCUT2D eigenvalue weighted by Crippen LogP contribution is 2.17. The molecule has 0 saturated carbocycles. The molecule has 0 unspecified atom stereocenters. The average molecular weight is 395 g/mol. The van der Waals surface area contributed by atoms with Gasteiger partial charge in [0.15, 0.2) is 3.95 Å². The van der Waals surface area contributed by atoms with Crippen LogP contribution >= 0.6 is 23.6 Å². The Labute approximate surface area is 153 Å². The number of nitrogens with zero attached hydrogens (tertiary/aromatic N) is 2. The Bertz CT molecular complexity index is 983. The van der Waals surface area contributed by atoms with Crippen molar-refractivity contribution < 1.29 is 8.42 Å². The van der Waals surface area contributed by atoms with Crippen LogP contribution in [0.2, 0.25) is 0 Å². The molecule has 0 spiro atoms. The highest BCUT2D eigenvalue weighted by Gasteiger charge is 2.14. The third kappa shape index (κ3) is 4.75. The van der Waals surface area contributed by atoms with Crippen LogP contribution in [0, 0.1) is 3.95 Å². The average Bonchev–Trinajstić information content (AvgIpc) is 3.01. The molecule has 0 amide bonds. The zero-order valence-corrected chi connectivity index (χ0v) is 15.2. The van der Waals surface area contributed by atoms with E-state index in [2.05, 4.69) is 30.5 Å². The van der Waals surface area contributed by atoms with E-state index in [9.17, 15) is 8.42 Å². The van der Waals surface area contributed by atoms with Gasteiger partial charge in [-0.05, 0) is 48.6 Å². The van der Waals surface area contributed by atoms with Crippen LogP contribution in [0.25, 0.3) is 0 Å². The molecule has 25 heavy (non-hydrogen) atoms. The van der Waals surface area contributed by atoms with E-state index in [0.717, 1.165) is 5.69 Å². The van der Waals surface area contributed by atoms with E-state index < -0.39 is 10.0 Å². The molecule has 0 fully saturated rings. The highest BCUT2D eigenvalue weighted by atomic mass is 32.2. The molecule has 4 N–H and O–H groups in total. The first-order valence-electron chi connectivity index (χ1n) is 7.10. The SMILES string of the molecule is O=S(=O)(Nc1ccccn1)c1ccc(NCNc2n[nH]c(=S)s2)cc1. The lowest BCUT2D eigenvalue weighted by Gasteiger charge is -2.09. The van der Waals surface area contributed by atoms with Gasteiger partial charge in [-0.1, -0.05) is 17.4 Å². The van der Waals surface area contributed by atoms with Gasteiger partial charge in [-0.2, -0.15) is 0 Å². The lowest BCUT2D eigenvalue weighted by Crippen LogP contribution is -2.14. The number of benzene rings is 1. The van der Waals surface area contributed by atoms with Crippen LogP contribution in [0.15, 0.2) is 53.6 Å². The minimum Gasteiger partial charge on any atom is -0.368 e. The second-order valence-electron chi connectivity index (χ2n) is 4.79. The number of hydrogen-bond donors (Lipinski definition) is 4. The van der Waals surface area contributed by atoms with Crippen LogP contribution in [0.3, 0.4) is 0 Å². The third-order valence-corrected chi connectivity index (χ3v) is 5.46. The summed E-state index contributed by atoms with van der Waals surface area (Å²) in [5, 5.41) is 13.5. The van der Waals surface area contributed by atoms with Crippen molar-refractivity contribution in [3.63, 3.8) is 0 Å². The first-order chi connectivity index (χ1) is 12.0. The second-order valence-corrected chi connectivity index (χ2v) is 8.14. The maximum atomic E-state index is 12.3. The summed E-state index contributed by atoms with van der Waals surface area (Å²) in [7, 11) is -3.67. The number of aromatic nitrogens is 3. The van der Waals surface area contributed by atoms with Crippen molar-refractivity contribution in [3.8, 4) is 0 Å². The minimum atomic E-state index is -3.67. The monoisotopic (exact) mass is 394 g/mol. The third-order valence-electron chi connectivity index (χ3n) is 3.04. The molecule has 0 atom stereocenters. The fourth-order valence-corrected chi connectivity index (χ4v) is 3.69. The molecule has 0 aliphatic rings. The summed E-state index contributed by atoms with van der Waals surface area (Å²) >= 11 is 6.28. The molecule has 0 saturated heterocycles. The predicted molar refractivity (Wildman–Crippen MR) is 101 cm³/mol. The number of sulfonamides is 1. The van der Waals surface area contributed by atoms with Crippen molar-refractivity contribution >= 4 is 50.2 Å². The Hall–Kier alpha value is -2.50. The molecule has 1 aromatic carbocycles. The number of hydrogen-bond acceptors (Lipinski definition) is 8. The van der Waals surface area contributed by atoms with Crippen LogP contribution in [0.5, 0.6) is 0 Å². The minimum absolute atomic E-state index is 0.155. The molecule has 0 aliphatic carbocycles. The number of pyridine rings is 1. The fourth-order valence-electron chi connectivity index (χ4n) is 1.90. The summed E-state index contributed by atoms with van der Waals surface area (Å²) in [5.74, 6) is 0.273. The maximum Gasteiger partial charge on any atom is 0.263 e. The van der Waals surface area contributed by atoms with Crippen molar-refractivity contribution in [1.82, 2.24) is 15.2 Å². The van der Waals surface area contributed by atoms with E-state index in [1.165, 1.54) is 29.7 Å². The van der Waals surface area contributed by atoms with Gasteiger partial charge in [0.05, 0.1) is 11.6 Å². The molecule has 8 nitrogen and oxygen atoms in total. The topological polar surface area (TPSA) is 112 Å². The van der Waals surface area contributed by atoms with Crippen molar-refractivity contribution in [2.75, 3.05) is 22.0 Å². The summed E-state index contributed by atoms with van der Waals surface area (Å²) in [6.45, 7) is 0.425. The molecule has 0 bridgehead atoms. The van der Waals surface area contributed by atoms with Gasteiger partial charge in [0, 0.05) is 11.9 Å². The summed E-state index contributed by atoms with van der Waals surface area (Å²) in [6.07, 6.45) is 1.52. The Morgan fingerprint density at radius 2 is 1.92 bits per heavy atom.